The molecular weight excluding hydrogens is 428 g/mol. The summed E-state index contributed by atoms with van der Waals surface area (Å²) >= 11 is 0. The molecule has 1 atom stereocenters. The van der Waals surface area contributed by atoms with Crippen LogP contribution in [0.1, 0.15) is 22.3 Å². The van der Waals surface area contributed by atoms with Crippen LogP contribution in [0, 0.1) is 0 Å². The van der Waals surface area contributed by atoms with Crippen LogP contribution < -0.4 is 4.74 Å². The normalized spacial score (nSPS) is 18.5. The molecule has 9 heteroatoms. The van der Waals surface area contributed by atoms with E-state index in [1.165, 1.54) is 18.2 Å². The molecule has 0 bridgehead atoms. The molecule has 3 aromatic rings. The van der Waals surface area contributed by atoms with E-state index >= 15 is 0 Å². The van der Waals surface area contributed by atoms with Crippen molar-refractivity contribution in [2.75, 3.05) is 0 Å². The lowest BCUT2D eigenvalue weighted by molar-refractivity contribution is -0.164. The van der Waals surface area contributed by atoms with Gasteiger partial charge in [-0.15, -0.1) is 0 Å². The lowest BCUT2D eigenvalue weighted by atomic mass is 10.1. The number of rotatable bonds is 6. The van der Waals surface area contributed by atoms with Crippen molar-refractivity contribution in [1.82, 2.24) is 5.01 Å². The standard InChI is InChI=1S/C23H18F4N2O3/c24-20(25)19-12-23(31,22(26)27)29(28-19)21(30)17-7-3-4-14(10-17)13-32-18-9-8-15-5-1-2-6-16(15)11-18/h1-11,20,22,31H,12-13H2/t23-/m0/s1. The molecule has 166 valence electrons. The Labute approximate surface area is 180 Å². The van der Waals surface area contributed by atoms with Crippen LogP contribution in [0.3, 0.4) is 0 Å². The monoisotopic (exact) mass is 446 g/mol. The fourth-order valence-electron chi connectivity index (χ4n) is 3.44. The Kier molecular flexibility index (Phi) is 5.84. The van der Waals surface area contributed by atoms with E-state index in [0.717, 1.165) is 10.8 Å². The third-order valence-electron chi connectivity index (χ3n) is 5.13. The van der Waals surface area contributed by atoms with Gasteiger partial charge in [-0.1, -0.05) is 42.5 Å². The van der Waals surface area contributed by atoms with Gasteiger partial charge in [0.25, 0.3) is 18.8 Å². The number of hydrogen-bond acceptors (Lipinski definition) is 4. The minimum absolute atomic E-state index is 0.0441. The zero-order chi connectivity index (χ0) is 22.9. The fraction of sp³-hybridized carbons (Fsp3) is 0.217. The first-order valence-electron chi connectivity index (χ1n) is 9.69. The number of carbonyl (C=O) groups is 1. The quantitative estimate of drug-likeness (QED) is 0.552. The number of fused-ring (bicyclic) bond motifs is 1. The minimum Gasteiger partial charge on any atom is -0.489 e. The molecule has 0 saturated heterocycles. The molecule has 1 heterocycles. The number of ether oxygens (including phenoxy) is 1. The van der Waals surface area contributed by atoms with E-state index in [1.807, 2.05) is 36.4 Å². The van der Waals surface area contributed by atoms with Crippen LogP contribution in [0.15, 0.2) is 71.8 Å². The molecule has 0 radical (unpaired) electrons. The largest absolute Gasteiger partial charge is 0.489 e. The van der Waals surface area contributed by atoms with Crippen molar-refractivity contribution in [3.8, 4) is 5.75 Å². The van der Waals surface area contributed by atoms with Gasteiger partial charge in [0, 0.05) is 12.0 Å². The van der Waals surface area contributed by atoms with Gasteiger partial charge in [0.05, 0.1) is 0 Å². The number of benzene rings is 3. The lowest BCUT2D eigenvalue weighted by Gasteiger charge is -2.30. The van der Waals surface area contributed by atoms with E-state index in [9.17, 15) is 27.5 Å². The second-order valence-electron chi connectivity index (χ2n) is 7.36. The number of halogens is 4. The average Bonchev–Trinajstić information content (AvgIpc) is 3.16. The highest BCUT2D eigenvalue weighted by atomic mass is 19.3. The van der Waals surface area contributed by atoms with Crippen molar-refractivity contribution in [1.29, 1.82) is 0 Å². The Morgan fingerprint density at radius 3 is 2.50 bits per heavy atom. The van der Waals surface area contributed by atoms with E-state index in [4.69, 9.17) is 4.74 Å². The van der Waals surface area contributed by atoms with Crippen molar-refractivity contribution >= 4 is 22.4 Å². The zero-order valence-corrected chi connectivity index (χ0v) is 16.6. The average molecular weight is 446 g/mol. The summed E-state index contributed by atoms with van der Waals surface area (Å²) in [6, 6.07) is 19.2. The van der Waals surface area contributed by atoms with Gasteiger partial charge in [0.15, 0.2) is 0 Å². The molecule has 1 aliphatic heterocycles. The SMILES string of the molecule is O=C(c1cccc(COc2ccc3ccccc3c2)c1)N1N=C(C(F)F)C[C@]1(O)C(F)F. The van der Waals surface area contributed by atoms with E-state index in [2.05, 4.69) is 5.10 Å². The van der Waals surface area contributed by atoms with Crippen molar-refractivity contribution in [2.45, 2.75) is 31.6 Å². The van der Waals surface area contributed by atoms with Gasteiger partial charge in [0.2, 0.25) is 5.72 Å². The number of carbonyl (C=O) groups excluding carboxylic acids is 1. The minimum atomic E-state index is -3.48. The van der Waals surface area contributed by atoms with Gasteiger partial charge in [-0.3, -0.25) is 4.79 Å². The van der Waals surface area contributed by atoms with E-state index < -0.39 is 36.6 Å². The number of alkyl halides is 4. The summed E-state index contributed by atoms with van der Waals surface area (Å²) in [4.78, 5) is 12.7. The highest BCUT2D eigenvalue weighted by molar-refractivity contribution is 5.99. The third kappa shape index (κ3) is 4.16. The maximum Gasteiger partial charge on any atom is 0.287 e. The summed E-state index contributed by atoms with van der Waals surface area (Å²) in [5, 5.41) is 15.5. The molecule has 32 heavy (non-hydrogen) atoms. The molecule has 0 unspecified atom stereocenters. The Balaban J connectivity index is 1.53. The molecular formula is C23H18F4N2O3. The van der Waals surface area contributed by atoms with Crippen molar-refractivity contribution in [3.05, 3.63) is 77.9 Å². The highest BCUT2D eigenvalue weighted by Gasteiger charge is 2.53. The summed E-state index contributed by atoms with van der Waals surface area (Å²) in [5.74, 6) is -0.519. The van der Waals surface area contributed by atoms with E-state index in [1.54, 1.807) is 12.1 Å². The molecule has 3 aromatic carbocycles. The first-order chi connectivity index (χ1) is 15.3. The smallest absolute Gasteiger partial charge is 0.287 e. The Morgan fingerprint density at radius 1 is 1.03 bits per heavy atom. The molecule has 5 nitrogen and oxygen atoms in total. The second kappa shape index (κ2) is 8.58. The second-order valence-corrected chi connectivity index (χ2v) is 7.36. The van der Waals surface area contributed by atoms with Crippen LogP contribution in [0.25, 0.3) is 10.8 Å². The number of hydrogen-bond donors (Lipinski definition) is 1. The highest BCUT2D eigenvalue weighted by Crippen LogP contribution is 2.34. The van der Waals surface area contributed by atoms with Crippen molar-refractivity contribution in [3.63, 3.8) is 0 Å². The summed E-state index contributed by atoms with van der Waals surface area (Å²) in [7, 11) is 0. The maximum absolute atomic E-state index is 13.4. The maximum atomic E-state index is 13.4. The van der Waals surface area contributed by atoms with Gasteiger partial charge in [-0.25, -0.2) is 17.6 Å². The molecule has 1 amide bonds. The van der Waals surface area contributed by atoms with Crippen LogP contribution >= 0.6 is 0 Å². The van der Waals surface area contributed by atoms with Crippen LogP contribution in [0.5, 0.6) is 5.75 Å². The third-order valence-corrected chi connectivity index (χ3v) is 5.13. The summed E-state index contributed by atoms with van der Waals surface area (Å²) in [6.45, 7) is 0.0735. The van der Waals surface area contributed by atoms with Crippen LogP contribution in [-0.2, 0) is 6.61 Å². The van der Waals surface area contributed by atoms with Crippen LogP contribution in [0.2, 0.25) is 0 Å². The number of nitrogens with zero attached hydrogens (tertiary/aromatic N) is 2. The molecule has 0 fully saturated rings. The van der Waals surface area contributed by atoms with Crippen molar-refractivity contribution < 1.29 is 32.2 Å². The molecule has 1 N–H and O–H groups in total. The van der Waals surface area contributed by atoms with Gasteiger partial charge in [0.1, 0.15) is 18.1 Å². The first-order valence-corrected chi connectivity index (χ1v) is 9.69. The Hall–Kier alpha value is -3.46. The molecule has 0 aliphatic carbocycles. The predicted molar refractivity (Wildman–Crippen MR) is 110 cm³/mol. The molecule has 1 aliphatic rings. The summed E-state index contributed by atoms with van der Waals surface area (Å²) in [6.07, 6.45) is -7.77. The molecule has 4 rings (SSSR count). The Morgan fingerprint density at radius 2 is 1.78 bits per heavy atom. The predicted octanol–water partition coefficient (Wildman–Crippen LogP) is 4.84. The van der Waals surface area contributed by atoms with Crippen LogP contribution in [0.4, 0.5) is 17.6 Å². The summed E-state index contributed by atoms with van der Waals surface area (Å²) < 4.78 is 58.5. The van der Waals surface area contributed by atoms with Gasteiger partial charge in [-0.2, -0.15) is 10.1 Å². The molecule has 0 spiro atoms. The molecule has 0 saturated carbocycles. The summed E-state index contributed by atoms with van der Waals surface area (Å²) in [5.41, 5.74) is -3.65. The molecule has 0 aromatic heterocycles. The van der Waals surface area contributed by atoms with Gasteiger partial charge >= 0.3 is 0 Å². The van der Waals surface area contributed by atoms with E-state index in [0.29, 0.717) is 11.3 Å². The van der Waals surface area contributed by atoms with Crippen molar-refractivity contribution in [2.24, 2.45) is 5.10 Å². The Bertz CT molecular complexity index is 1180. The number of amides is 1. The lowest BCUT2D eigenvalue weighted by Crippen LogP contribution is -2.51. The van der Waals surface area contributed by atoms with Gasteiger partial charge < -0.3 is 9.84 Å². The van der Waals surface area contributed by atoms with E-state index in [-0.39, 0.29) is 17.2 Å². The number of hydrazone groups is 1. The topological polar surface area (TPSA) is 62.1 Å². The fourth-order valence-corrected chi connectivity index (χ4v) is 3.44. The van der Waals surface area contributed by atoms with Crippen LogP contribution in [-0.4, -0.2) is 40.3 Å². The zero-order valence-electron chi connectivity index (χ0n) is 16.6. The first kappa shape index (κ1) is 21.8. The van der Waals surface area contributed by atoms with Gasteiger partial charge in [-0.05, 0) is 40.6 Å². The number of aliphatic hydroxyl groups is 1.